The van der Waals surface area contributed by atoms with Gasteiger partial charge in [0.2, 0.25) is 0 Å². The van der Waals surface area contributed by atoms with Gasteiger partial charge in [-0.2, -0.15) is 0 Å². The number of thiophene rings is 1. The third kappa shape index (κ3) is 2.87. The molecule has 0 atom stereocenters. The monoisotopic (exact) mass is 420 g/mol. The van der Waals surface area contributed by atoms with Crippen LogP contribution in [0.2, 0.25) is 0 Å². The summed E-state index contributed by atoms with van der Waals surface area (Å²) in [7, 11) is 0. The van der Waals surface area contributed by atoms with Gasteiger partial charge in [0.15, 0.2) is 11.6 Å². The lowest BCUT2D eigenvalue weighted by Gasteiger charge is -2.00. The Morgan fingerprint density at radius 1 is 0.806 bits per heavy atom. The maximum Gasteiger partial charge on any atom is 0.197 e. The molecular weight excluding hydrogens is 404 g/mol. The van der Waals surface area contributed by atoms with Crippen molar-refractivity contribution in [2.75, 3.05) is 0 Å². The van der Waals surface area contributed by atoms with Crippen LogP contribution in [-0.2, 0) is 0 Å². The molecule has 0 bridgehead atoms. The molecule has 6 rings (SSSR count). The number of carbonyl (C=O) groups is 2. The minimum atomic E-state index is -0.245. The van der Waals surface area contributed by atoms with Crippen molar-refractivity contribution in [2.45, 2.75) is 6.92 Å². The number of hydrogen-bond acceptors (Lipinski definition) is 4. The van der Waals surface area contributed by atoms with Crippen LogP contribution in [0, 0.1) is 6.92 Å². The van der Waals surface area contributed by atoms with Gasteiger partial charge in [-0.15, -0.1) is 11.3 Å². The molecule has 1 aliphatic carbocycles. The average molecular weight is 420 g/mol. The standard InChI is InChI=1S/C27H16O3S/c1-15-6-8-16(9-7-15)24-14-23-25(31-24)13-19(30-23)12-22-26(28)20-10-17-4-2-3-5-18(17)11-21(20)27(22)29/h2-14H,1H3. The number of carbonyl (C=O) groups excluding carboxylic acids is 2. The predicted octanol–water partition coefficient (Wildman–Crippen LogP) is 7.09. The fourth-order valence-corrected chi connectivity index (χ4v) is 5.10. The van der Waals surface area contributed by atoms with Crippen LogP contribution in [0.5, 0.6) is 0 Å². The van der Waals surface area contributed by atoms with Crippen LogP contribution in [0.25, 0.3) is 37.6 Å². The molecule has 2 heterocycles. The van der Waals surface area contributed by atoms with E-state index < -0.39 is 0 Å². The summed E-state index contributed by atoms with van der Waals surface area (Å²) in [6, 6.07) is 23.6. The van der Waals surface area contributed by atoms with E-state index >= 15 is 0 Å². The highest BCUT2D eigenvalue weighted by Crippen LogP contribution is 2.37. The third-order valence-corrected chi connectivity index (χ3v) is 6.83. The van der Waals surface area contributed by atoms with Gasteiger partial charge >= 0.3 is 0 Å². The SMILES string of the molecule is Cc1ccc(-c2cc3oc(C=C4C(=O)c5cc6ccccc6cc5C4=O)cc3s2)cc1. The number of rotatable bonds is 2. The summed E-state index contributed by atoms with van der Waals surface area (Å²) in [6.45, 7) is 2.07. The van der Waals surface area contributed by atoms with Gasteiger partial charge in [0.25, 0.3) is 0 Å². The maximum atomic E-state index is 12.9. The van der Waals surface area contributed by atoms with Crippen LogP contribution < -0.4 is 0 Å². The minimum Gasteiger partial charge on any atom is -0.456 e. The number of ketones is 2. The zero-order valence-corrected chi connectivity index (χ0v) is 17.5. The Labute approximate surface area is 182 Å². The van der Waals surface area contributed by atoms with Gasteiger partial charge in [0.05, 0.1) is 10.3 Å². The summed E-state index contributed by atoms with van der Waals surface area (Å²) >= 11 is 1.63. The van der Waals surface area contributed by atoms with Gasteiger partial charge < -0.3 is 4.42 Å². The molecule has 1 aliphatic rings. The van der Waals surface area contributed by atoms with Crippen LogP contribution in [0.1, 0.15) is 32.0 Å². The van der Waals surface area contributed by atoms with Crippen molar-refractivity contribution >= 4 is 50.0 Å². The fraction of sp³-hybridized carbons (Fsp3) is 0.0370. The van der Waals surface area contributed by atoms with Gasteiger partial charge in [-0.25, -0.2) is 0 Å². The topological polar surface area (TPSA) is 47.3 Å². The molecule has 0 saturated heterocycles. The van der Waals surface area contributed by atoms with E-state index in [1.165, 1.54) is 5.56 Å². The number of benzene rings is 3. The maximum absolute atomic E-state index is 12.9. The molecule has 3 nitrogen and oxygen atoms in total. The predicted molar refractivity (Wildman–Crippen MR) is 125 cm³/mol. The molecule has 31 heavy (non-hydrogen) atoms. The molecule has 0 N–H and O–H groups in total. The second-order valence-electron chi connectivity index (χ2n) is 7.82. The van der Waals surface area contributed by atoms with E-state index in [0.29, 0.717) is 16.9 Å². The number of allylic oxidation sites excluding steroid dienone is 1. The average Bonchev–Trinajstić information content (AvgIpc) is 3.40. The molecule has 0 amide bonds. The molecular formula is C27H16O3S. The summed E-state index contributed by atoms with van der Waals surface area (Å²) in [4.78, 5) is 27.0. The number of aryl methyl sites for hydroxylation is 1. The van der Waals surface area contributed by atoms with Gasteiger partial charge in [-0.1, -0.05) is 54.1 Å². The first-order chi connectivity index (χ1) is 15.1. The summed E-state index contributed by atoms with van der Waals surface area (Å²) in [5.74, 6) is 0.0301. The summed E-state index contributed by atoms with van der Waals surface area (Å²) in [5, 5.41) is 1.90. The molecule has 2 aromatic heterocycles. The van der Waals surface area contributed by atoms with Crippen molar-refractivity contribution in [1.82, 2.24) is 0 Å². The van der Waals surface area contributed by atoms with E-state index in [0.717, 1.165) is 31.5 Å². The van der Waals surface area contributed by atoms with Crippen LogP contribution in [0.15, 0.2) is 82.8 Å². The Hall–Kier alpha value is -3.76. The first-order valence-corrected chi connectivity index (χ1v) is 10.8. The summed E-state index contributed by atoms with van der Waals surface area (Å²) in [6.07, 6.45) is 1.58. The van der Waals surface area contributed by atoms with E-state index in [1.54, 1.807) is 29.5 Å². The molecule has 5 aromatic rings. The lowest BCUT2D eigenvalue weighted by molar-refractivity contribution is 0.0990. The highest BCUT2D eigenvalue weighted by Gasteiger charge is 2.33. The number of hydrogen-bond donors (Lipinski definition) is 0. The third-order valence-electron chi connectivity index (χ3n) is 5.71. The zero-order chi connectivity index (χ0) is 21.1. The van der Waals surface area contributed by atoms with Crippen molar-refractivity contribution in [3.63, 3.8) is 0 Å². The lowest BCUT2D eigenvalue weighted by Crippen LogP contribution is -1.99. The molecule has 0 fully saturated rings. The number of fused-ring (bicyclic) bond motifs is 3. The Morgan fingerprint density at radius 2 is 1.45 bits per heavy atom. The van der Waals surface area contributed by atoms with Crippen LogP contribution in [0.4, 0.5) is 0 Å². The van der Waals surface area contributed by atoms with Crippen molar-refractivity contribution in [3.05, 3.63) is 101 Å². The van der Waals surface area contributed by atoms with Crippen molar-refractivity contribution in [2.24, 2.45) is 0 Å². The lowest BCUT2D eigenvalue weighted by atomic mass is 10.0. The smallest absolute Gasteiger partial charge is 0.197 e. The second kappa shape index (κ2) is 6.62. The van der Waals surface area contributed by atoms with Gasteiger partial charge in [-0.05, 0) is 41.5 Å². The van der Waals surface area contributed by atoms with Crippen LogP contribution >= 0.6 is 11.3 Å². The molecule has 148 valence electrons. The van der Waals surface area contributed by atoms with E-state index in [-0.39, 0.29) is 17.1 Å². The van der Waals surface area contributed by atoms with E-state index in [2.05, 4.69) is 31.2 Å². The van der Waals surface area contributed by atoms with Crippen molar-refractivity contribution in [1.29, 1.82) is 0 Å². The molecule has 0 saturated carbocycles. The molecule has 0 aliphatic heterocycles. The largest absolute Gasteiger partial charge is 0.456 e. The molecule has 3 aromatic carbocycles. The quantitative estimate of drug-likeness (QED) is 0.226. The Morgan fingerprint density at radius 3 is 2.06 bits per heavy atom. The van der Waals surface area contributed by atoms with Crippen molar-refractivity contribution < 1.29 is 14.0 Å². The van der Waals surface area contributed by atoms with Gasteiger partial charge in [0, 0.05) is 28.1 Å². The van der Waals surface area contributed by atoms with E-state index in [9.17, 15) is 9.59 Å². The number of furan rings is 1. The first kappa shape index (κ1) is 18.0. The van der Waals surface area contributed by atoms with Gasteiger partial charge in [0.1, 0.15) is 11.3 Å². The molecule has 4 heteroatoms. The van der Waals surface area contributed by atoms with Gasteiger partial charge in [-0.3, -0.25) is 9.59 Å². The Bertz CT molecular complexity index is 1470. The van der Waals surface area contributed by atoms with E-state index in [1.807, 2.05) is 36.4 Å². The Kier molecular flexibility index (Phi) is 3.86. The van der Waals surface area contributed by atoms with Crippen LogP contribution in [-0.4, -0.2) is 11.6 Å². The molecule has 0 spiro atoms. The normalized spacial score (nSPS) is 13.4. The first-order valence-electron chi connectivity index (χ1n) is 10.0. The summed E-state index contributed by atoms with van der Waals surface area (Å²) < 4.78 is 6.95. The Balaban J connectivity index is 1.38. The van der Waals surface area contributed by atoms with E-state index in [4.69, 9.17) is 4.42 Å². The molecule has 0 radical (unpaired) electrons. The van der Waals surface area contributed by atoms with Crippen molar-refractivity contribution in [3.8, 4) is 10.4 Å². The zero-order valence-electron chi connectivity index (χ0n) is 16.6. The minimum absolute atomic E-state index is 0.158. The highest BCUT2D eigenvalue weighted by molar-refractivity contribution is 7.22. The molecule has 0 unspecified atom stereocenters. The highest BCUT2D eigenvalue weighted by atomic mass is 32.1. The van der Waals surface area contributed by atoms with Crippen LogP contribution in [0.3, 0.4) is 0 Å². The second-order valence-corrected chi connectivity index (χ2v) is 8.90. The summed E-state index contributed by atoms with van der Waals surface area (Å²) in [5.41, 5.74) is 4.21. The number of Topliss-reactive ketones (excluding diaryl/α,β-unsaturated/α-hetero) is 2. The fourth-order valence-electron chi connectivity index (χ4n) is 4.07.